The van der Waals surface area contributed by atoms with Crippen LogP contribution in [0, 0.1) is 0 Å². The minimum atomic E-state index is -3.53. The second kappa shape index (κ2) is 6.34. The fourth-order valence-corrected chi connectivity index (χ4v) is 3.57. The highest BCUT2D eigenvalue weighted by Gasteiger charge is 2.26. The van der Waals surface area contributed by atoms with Crippen molar-refractivity contribution in [2.45, 2.75) is 17.7 Å². The van der Waals surface area contributed by atoms with Gasteiger partial charge in [-0.3, -0.25) is 4.79 Å². The van der Waals surface area contributed by atoms with E-state index in [9.17, 15) is 13.2 Å². The molecule has 0 aromatic heterocycles. The molecule has 1 saturated heterocycles. The Kier molecular flexibility index (Phi) is 4.74. The minimum Gasteiger partial charge on any atom is -0.355 e. The van der Waals surface area contributed by atoms with Crippen LogP contribution in [0.1, 0.15) is 12.0 Å². The van der Waals surface area contributed by atoms with Crippen LogP contribution in [0.3, 0.4) is 0 Å². The lowest BCUT2D eigenvalue weighted by Crippen LogP contribution is -2.34. The molecule has 1 aliphatic rings. The average molecular weight is 297 g/mol. The molecule has 0 radical (unpaired) electrons. The highest BCUT2D eigenvalue weighted by atomic mass is 32.2. The van der Waals surface area contributed by atoms with Gasteiger partial charge in [-0.05, 0) is 30.7 Å². The number of rotatable bonds is 4. The Morgan fingerprint density at radius 2 is 1.90 bits per heavy atom. The zero-order valence-corrected chi connectivity index (χ0v) is 12.0. The van der Waals surface area contributed by atoms with Crippen LogP contribution in [0.15, 0.2) is 29.2 Å². The molecular weight excluding hydrogens is 278 g/mol. The molecule has 6 nitrogen and oxygen atoms in total. The Morgan fingerprint density at radius 1 is 1.20 bits per heavy atom. The number of sulfonamides is 1. The van der Waals surface area contributed by atoms with Crippen molar-refractivity contribution in [3.63, 3.8) is 0 Å². The van der Waals surface area contributed by atoms with E-state index in [1.165, 1.54) is 4.31 Å². The van der Waals surface area contributed by atoms with E-state index in [1.54, 1.807) is 24.3 Å². The van der Waals surface area contributed by atoms with Crippen molar-refractivity contribution in [1.82, 2.24) is 9.62 Å². The first-order chi connectivity index (χ1) is 9.54. The topological polar surface area (TPSA) is 92.5 Å². The third-order valence-electron chi connectivity index (χ3n) is 3.27. The fraction of sp³-hybridized carbons (Fsp3) is 0.462. The molecule has 1 fully saturated rings. The van der Waals surface area contributed by atoms with E-state index in [0.717, 1.165) is 12.0 Å². The Balaban J connectivity index is 2.18. The average Bonchev–Trinajstić information content (AvgIpc) is 2.65. The van der Waals surface area contributed by atoms with Gasteiger partial charge in [0.15, 0.2) is 0 Å². The highest BCUT2D eigenvalue weighted by Crippen LogP contribution is 2.17. The molecule has 110 valence electrons. The summed E-state index contributed by atoms with van der Waals surface area (Å²) in [5, 5.41) is 2.66. The molecule has 0 spiro atoms. The van der Waals surface area contributed by atoms with Crippen molar-refractivity contribution in [3.05, 3.63) is 29.8 Å². The number of nitrogens with one attached hydrogen (secondary N) is 1. The van der Waals surface area contributed by atoms with Crippen LogP contribution in [0.5, 0.6) is 0 Å². The van der Waals surface area contributed by atoms with Crippen LogP contribution in [0.2, 0.25) is 0 Å². The van der Waals surface area contributed by atoms with E-state index in [2.05, 4.69) is 5.32 Å². The van der Waals surface area contributed by atoms with E-state index in [0.29, 0.717) is 19.6 Å². The number of benzene rings is 1. The molecule has 1 aliphatic heterocycles. The fourth-order valence-electron chi connectivity index (χ4n) is 2.13. The van der Waals surface area contributed by atoms with Gasteiger partial charge in [0, 0.05) is 26.1 Å². The van der Waals surface area contributed by atoms with Crippen LogP contribution in [-0.2, 0) is 21.2 Å². The first-order valence-electron chi connectivity index (χ1n) is 6.60. The lowest BCUT2D eigenvalue weighted by atomic mass is 10.2. The van der Waals surface area contributed by atoms with Gasteiger partial charge in [0.25, 0.3) is 0 Å². The Labute approximate surface area is 119 Å². The van der Waals surface area contributed by atoms with Gasteiger partial charge in [0.1, 0.15) is 0 Å². The SMILES string of the molecule is NCCc1ccc(S(=O)(=O)N2CCNC(=O)CC2)cc1. The number of hydrogen-bond acceptors (Lipinski definition) is 4. The second-order valence-corrected chi connectivity index (χ2v) is 6.62. The van der Waals surface area contributed by atoms with Gasteiger partial charge in [-0.25, -0.2) is 8.42 Å². The maximum Gasteiger partial charge on any atom is 0.243 e. The summed E-state index contributed by atoms with van der Waals surface area (Å²) in [4.78, 5) is 11.5. The zero-order valence-electron chi connectivity index (χ0n) is 11.2. The van der Waals surface area contributed by atoms with Crippen molar-refractivity contribution in [1.29, 1.82) is 0 Å². The molecule has 1 amide bonds. The van der Waals surface area contributed by atoms with Crippen molar-refractivity contribution in [2.24, 2.45) is 5.73 Å². The number of carbonyl (C=O) groups excluding carboxylic acids is 1. The minimum absolute atomic E-state index is 0.110. The third kappa shape index (κ3) is 3.36. The quantitative estimate of drug-likeness (QED) is 0.798. The van der Waals surface area contributed by atoms with Crippen molar-refractivity contribution >= 4 is 15.9 Å². The van der Waals surface area contributed by atoms with Crippen LogP contribution in [0.4, 0.5) is 0 Å². The summed E-state index contributed by atoms with van der Waals surface area (Å²) in [5.74, 6) is -0.110. The summed E-state index contributed by atoms with van der Waals surface area (Å²) in [7, 11) is -3.53. The molecule has 1 aromatic rings. The van der Waals surface area contributed by atoms with Gasteiger partial charge in [-0.1, -0.05) is 12.1 Å². The molecular formula is C13H19N3O3S. The molecule has 20 heavy (non-hydrogen) atoms. The largest absolute Gasteiger partial charge is 0.355 e. The molecule has 2 rings (SSSR count). The monoisotopic (exact) mass is 297 g/mol. The van der Waals surface area contributed by atoms with E-state index in [1.807, 2.05) is 0 Å². The van der Waals surface area contributed by atoms with E-state index in [-0.39, 0.29) is 23.8 Å². The van der Waals surface area contributed by atoms with E-state index >= 15 is 0 Å². The maximum atomic E-state index is 12.5. The molecule has 1 aromatic carbocycles. The molecule has 0 aliphatic carbocycles. The number of hydrogen-bond donors (Lipinski definition) is 2. The van der Waals surface area contributed by atoms with Gasteiger partial charge < -0.3 is 11.1 Å². The van der Waals surface area contributed by atoms with Crippen LogP contribution in [-0.4, -0.2) is 44.8 Å². The Bertz CT molecular complexity index is 569. The second-order valence-electron chi connectivity index (χ2n) is 4.69. The molecule has 0 bridgehead atoms. The Morgan fingerprint density at radius 3 is 2.55 bits per heavy atom. The standard InChI is InChI=1S/C13H19N3O3S/c14-7-5-11-1-3-12(4-2-11)20(18,19)16-9-6-13(17)15-8-10-16/h1-4H,5-10,14H2,(H,15,17). The predicted molar refractivity (Wildman–Crippen MR) is 75.6 cm³/mol. The molecule has 0 saturated carbocycles. The van der Waals surface area contributed by atoms with Crippen LogP contribution < -0.4 is 11.1 Å². The van der Waals surface area contributed by atoms with E-state index < -0.39 is 10.0 Å². The lowest BCUT2D eigenvalue weighted by Gasteiger charge is -2.19. The summed E-state index contributed by atoms with van der Waals surface area (Å²) >= 11 is 0. The number of amides is 1. The van der Waals surface area contributed by atoms with Crippen molar-refractivity contribution in [3.8, 4) is 0 Å². The van der Waals surface area contributed by atoms with Gasteiger partial charge in [0.2, 0.25) is 15.9 Å². The molecule has 7 heteroatoms. The van der Waals surface area contributed by atoms with Crippen molar-refractivity contribution < 1.29 is 13.2 Å². The Hall–Kier alpha value is -1.44. The summed E-state index contributed by atoms with van der Waals surface area (Å²) in [5.41, 5.74) is 6.48. The van der Waals surface area contributed by atoms with Gasteiger partial charge >= 0.3 is 0 Å². The van der Waals surface area contributed by atoms with E-state index in [4.69, 9.17) is 5.73 Å². The van der Waals surface area contributed by atoms with Crippen LogP contribution >= 0.6 is 0 Å². The summed E-state index contributed by atoms with van der Waals surface area (Å²) < 4.78 is 26.3. The lowest BCUT2D eigenvalue weighted by molar-refractivity contribution is -0.120. The number of carbonyl (C=O) groups is 1. The maximum absolute atomic E-state index is 12.5. The first-order valence-corrected chi connectivity index (χ1v) is 8.04. The highest BCUT2D eigenvalue weighted by molar-refractivity contribution is 7.89. The van der Waals surface area contributed by atoms with Gasteiger partial charge in [0.05, 0.1) is 4.90 Å². The summed E-state index contributed by atoms with van der Waals surface area (Å²) in [6, 6.07) is 6.75. The molecule has 0 atom stereocenters. The summed E-state index contributed by atoms with van der Waals surface area (Å²) in [6.45, 7) is 1.41. The zero-order chi connectivity index (χ0) is 14.6. The number of nitrogens with zero attached hydrogens (tertiary/aromatic N) is 1. The number of nitrogens with two attached hydrogens (primary N) is 1. The normalized spacial score (nSPS) is 17.6. The van der Waals surface area contributed by atoms with Gasteiger partial charge in [-0.15, -0.1) is 0 Å². The summed E-state index contributed by atoms with van der Waals surface area (Å²) in [6.07, 6.45) is 0.924. The van der Waals surface area contributed by atoms with Crippen LogP contribution in [0.25, 0.3) is 0 Å². The molecule has 3 N–H and O–H groups in total. The smallest absolute Gasteiger partial charge is 0.243 e. The molecule has 1 heterocycles. The van der Waals surface area contributed by atoms with Gasteiger partial charge in [-0.2, -0.15) is 4.31 Å². The third-order valence-corrected chi connectivity index (χ3v) is 5.18. The van der Waals surface area contributed by atoms with Crippen molar-refractivity contribution in [2.75, 3.05) is 26.2 Å². The first kappa shape index (κ1) is 15.0. The predicted octanol–water partition coefficient (Wildman–Crippen LogP) is -0.302. The molecule has 0 unspecified atom stereocenters.